The SMILES string of the molecule is CC1CN(C)CCCN1C(=O)C(N)c1cccs1. The van der Waals surface area contributed by atoms with Gasteiger partial charge in [-0.05, 0) is 38.4 Å². The lowest BCUT2D eigenvalue weighted by atomic mass is 10.2. The van der Waals surface area contributed by atoms with E-state index in [2.05, 4.69) is 18.9 Å². The number of thiophene rings is 1. The van der Waals surface area contributed by atoms with E-state index in [0.29, 0.717) is 0 Å². The zero-order chi connectivity index (χ0) is 13.1. The molecule has 0 aliphatic carbocycles. The van der Waals surface area contributed by atoms with Crippen molar-refractivity contribution in [1.82, 2.24) is 9.80 Å². The molecule has 5 heteroatoms. The van der Waals surface area contributed by atoms with Crippen LogP contribution in [0.5, 0.6) is 0 Å². The quantitative estimate of drug-likeness (QED) is 0.878. The van der Waals surface area contributed by atoms with Gasteiger partial charge in [-0.3, -0.25) is 4.79 Å². The van der Waals surface area contributed by atoms with E-state index >= 15 is 0 Å². The van der Waals surface area contributed by atoms with Crippen molar-refractivity contribution in [3.63, 3.8) is 0 Å². The maximum Gasteiger partial charge on any atom is 0.245 e. The molecule has 4 nitrogen and oxygen atoms in total. The first-order valence-corrected chi connectivity index (χ1v) is 7.25. The van der Waals surface area contributed by atoms with E-state index in [-0.39, 0.29) is 11.9 Å². The summed E-state index contributed by atoms with van der Waals surface area (Å²) in [6.07, 6.45) is 1.02. The smallest absolute Gasteiger partial charge is 0.245 e. The summed E-state index contributed by atoms with van der Waals surface area (Å²) >= 11 is 1.55. The van der Waals surface area contributed by atoms with Crippen molar-refractivity contribution in [2.45, 2.75) is 25.4 Å². The summed E-state index contributed by atoms with van der Waals surface area (Å²) in [6.45, 7) is 4.87. The Balaban J connectivity index is 2.07. The van der Waals surface area contributed by atoms with E-state index in [9.17, 15) is 4.79 Å². The molecular formula is C13H21N3OS. The topological polar surface area (TPSA) is 49.6 Å². The molecule has 2 rings (SSSR count). The van der Waals surface area contributed by atoms with Crippen molar-refractivity contribution < 1.29 is 4.79 Å². The highest BCUT2D eigenvalue weighted by Gasteiger charge is 2.28. The predicted octanol–water partition coefficient (Wildman–Crippen LogP) is 1.30. The molecule has 0 bridgehead atoms. The number of rotatable bonds is 2. The van der Waals surface area contributed by atoms with Crippen molar-refractivity contribution in [3.05, 3.63) is 22.4 Å². The molecule has 100 valence electrons. The molecule has 2 unspecified atom stereocenters. The fourth-order valence-electron chi connectivity index (χ4n) is 2.47. The highest BCUT2D eigenvalue weighted by molar-refractivity contribution is 7.10. The molecule has 0 radical (unpaired) electrons. The van der Waals surface area contributed by atoms with Gasteiger partial charge in [-0.15, -0.1) is 11.3 Å². The molecule has 0 spiro atoms. The van der Waals surface area contributed by atoms with Crippen molar-refractivity contribution >= 4 is 17.2 Å². The van der Waals surface area contributed by atoms with Crippen molar-refractivity contribution in [2.24, 2.45) is 5.73 Å². The first-order valence-electron chi connectivity index (χ1n) is 6.37. The van der Waals surface area contributed by atoms with E-state index in [4.69, 9.17) is 5.73 Å². The molecular weight excluding hydrogens is 246 g/mol. The summed E-state index contributed by atoms with van der Waals surface area (Å²) in [5.74, 6) is 0.0558. The van der Waals surface area contributed by atoms with Gasteiger partial charge in [0.15, 0.2) is 0 Å². The van der Waals surface area contributed by atoms with Crippen molar-refractivity contribution in [1.29, 1.82) is 0 Å². The van der Waals surface area contributed by atoms with E-state index in [1.165, 1.54) is 0 Å². The maximum absolute atomic E-state index is 12.5. The Kier molecular flexibility index (Phi) is 4.37. The Hall–Kier alpha value is -0.910. The van der Waals surface area contributed by atoms with Crippen LogP contribution in [-0.2, 0) is 4.79 Å². The highest BCUT2D eigenvalue weighted by Crippen LogP contribution is 2.21. The van der Waals surface area contributed by atoms with E-state index in [1.54, 1.807) is 11.3 Å². The Morgan fingerprint density at radius 2 is 2.33 bits per heavy atom. The minimum absolute atomic E-state index is 0.0558. The number of likely N-dealkylation sites (N-methyl/N-ethyl adjacent to an activating group) is 1. The number of hydrogen-bond donors (Lipinski definition) is 1. The second-order valence-electron chi connectivity index (χ2n) is 4.99. The lowest BCUT2D eigenvalue weighted by Gasteiger charge is -2.30. The normalized spacial score (nSPS) is 23.7. The van der Waals surface area contributed by atoms with Gasteiger partial charge in [0, 0.05) is 24.0 Å². The fourth-order valence-corrected chi connectivity index (χ4v) is 3.19. The van der Waals surface area contributed by atoms with Crippen LogP contribution in [0, 0.1) is 0 Å². The largest absolute Gasteiger partial charge is 0.337 e. The number of carbonyl (C=O) groups is 1. The molecule has 2 atom stereocenters. The standard InChI is InChI=1S/C13H21N3OS/c1-10-9-15(2)6-4-7-16(10)13(17)12(14)11-5-3-8-18-11/h3,5,8,10,12H,4,6-7,9,14H2,1-2H3. The first-order chi connectivity index (χ1) is 8.59. The Bertz CT molecular complexity index is 393. The third-order valence-corrected chi connectivity index (χ3v) is 4.40. The second-order valence-corrected chi connectivity index (χ2v) is 5.97. The molecule has 1 amide bonds. The van der Waals surface area contributed by atoms with Gasteiger partial charge in [-0.2, -0.15) is 0 Å². The highest BCUT2D eigenvalue weighted by atomic mass is 32.1. The van der Waals surface area contributed by atoms with Gasteiger partial charge in [-0.1, -0.05) is 6.07 Å². The number of nitrogens with zero attached hydrogens (tertiary/aromatic N) is 2. The van der Waals surface area contributed by atoms with Crippen molar-refractivity contribution in [2.75, 3.05) is 26.7 Å². The minimum Gasteiger partial charge on any atom is -0.337 e. The molecule has 18 heavy (non-hydrogen) atoms. The average Bonchev–Trinajstić information content (AvgIpc) is 2.80. The van der Waals surface area contributed by atoms with Crippen molar-refractivity contribution in [3.8, 4) is 0 Å². The Morgan fingerprint density at radius 3 is 3.00 bits per heavy atom. The van der Waals surface area contributed by atoms with Gasteiger partial charge < -0.3 is 15.5 Å². The van der Waals surface area contributed by atoms with Gasteiger partial charge in [0.1, 0.15) is 6.04 Å². The third kappa shape index (κ3) is 2.91. The van der Waals surface area contributed by atoms with Crippen LogP contribution < -0.4 is 5.73 Å². The van der Waals surface area contributed by atoms with Crippen LogP contribution in [0.1, 0.15) is 24.3 Å². The molecule has 0 saturated carbocycles. The van der Waals surface area contributed by atoms with Crippen LogP contribution in [0.15, 0.2) is 17.5 Å². The fraction of sp³-hybridized carbons (Fsp3) is 0.615. The van der Waals surface area contributed by atoms with E-state index in [0.717, 1.165) is 30.9 Å². The summed E-state index contributed by atoms with van der Waals surface area (Å²) in [6, 6.07) is 3.60. The van der Waals surface area contributed by atoms with Crippen LogP contribution in [0.2, 0.25) is 0 Å². The predicted molar refractivity (Wildman–Crippen MR) is 74.5 cm³/mol. The van der Waals surface area contributed by atoms with Gasteiger partial charge in [0.2, 0.25) is 5.91 Å². The minimum atomic E-state index is -0.504. The lowest BCUT2D eigenvalue weighted by molar-refractivity contribution is -0.134. The molecule has 0 aromatic carbocycles. The molecule has 1 aromatic heterocycles. The Morgan fingerprint density at radius 1 is 1.56 bits per heavy atom. The summed E-state index contributed by atoms with van der Waals surface area (Å²) in [7, 11) is 2.10. The zero-order valence-corrected chi connectivity index (χ0v) is 11.8. The van der Waals surface area contributed by atoms with E-state index in [1.807, 2.05) is 22.4 Å². The molecule has 1 aliphatic rings. The van der Waals surface area contributed by atoms with Crippen LogP contribution in [0.25, 0.3) is 0 Å². The summed E-state index contributed by atoms with van der Waals surface area (Å²) in [5.41, 5.74) is 6.07. The molecule has 1 aliphatic heterocycles. The maximum atomic E-state index is 12.5. The Labute approximate surface area is 112 Å². The average molecular weight is 267 g/mol. The van der Waals surface area contributed by atoms with Gasteiger partial charge >= 0.3 is 0 Å². The molecule has 1 aromatic rings. The van der Waals surface area contributed by atoms with Crippen LogP contribution in [0.4, 0.5) is 0 Å². The van der Waals surface area contributed by atoms with Gasteiger partial charge in [0.05, 0.1) is 0 Å². The molecule has 2 N–H and O–H groups in total. The zero-order valence-electron chi connectivity index (χ0n) is 11.0. The van der Waals surface area contributed by atoms with Crippen LogP contribution in [0.3, 0.4) is 0 Å². The molecule has 1 saturated heterocycles. The third-order valence-electron chi connectivity index (χ3n) is 3.45. The number of nitrogens with two attached hydrogens (primary N) is 1. The monoisotopic (exact) mass is 267 g/mol. The van der Waals surface area contributed by atoms with Gasteiger partial charge in [-0.25, -0.2) is 0 Å². The van der Waals surface area contributed by atoms with Crippen LogP contribution >= 0.6 is 11.3 Å². The number of hydrogen-bond acceptors (Lipinski definition) is 4. The second kappa shape index (κ2) is 5.82. The summed E-state index contributed by atoms with van der Waals surface area (Å²) in [5, 5.41) is 1.96. The lowest BCUT2D eigenvalue weighted by Crippen LogP contribution is -2.45. The van der Waals surface area contributed by atoms with Gasteiger partial charge in [0.25, 0.3) is 0 Å². The number of amides is 1. The molecule has 1 fully saturated rings. The van der Waals surface area contributed by atoms with E-state index < -0.39 is 6.04 Å². The summed E-state index contributed by atoms with van der Waals surface area (Å²) in [4.78, 5) is 17.6. The number of carbonyl (C=O) groups excluding carboxylic acids is 1. The molecule has 2 heterocycles. The summed E-state index contributed by atoms with van der Waals surface area (Å²) < 4.78 is 0. The first kappa shape index (κ1) is 13.5. The van der Waals surface area contributed by atoms with Crippen LogP contribution in [-0.4, -0.2) is 48.4 Å².